The molecule has 4 nitrogen and oxygen atoms in total. The van der Waals surface area contributed by atoms with Gasteiger partial charge >= 0.3 is 7.12 Å². The predicted octanol–water partition coefficient (Wildman–Crippen LogP) is 6.52. The van der Waals surface area contributed by atoms with Crippen LogP contribution in [0.2, 0.25) is 0 Å². The molecule has 0 atom stereocenters. The lowest BCUT2D eigenvalue weighted by Crippen LogP contribution is -2.41. The summed E-state index contributed by atoms with van der Waals surface area (Å²) >= 11 is 3.19. The summed E-state index contributed by atoms with van der Waals surface area (Å²) in [5.74, 6) is -5.63. The third kappa shape index (κ3) is 9.05. The van der Waals surface area contributed by atoms with Gasteiger partial charge in [0.2, 0.25) is 0 Å². The van der Waals surface area contributed by atoms with Crippen molar-refractivity contribution in [2.75, 3.05) is 41.3 Å². The minimum atomic E-state index is -2.87. The van der Waals surface area contributed by atoms with Crippen LogP contribution >= 0.6 is 15.9 Å². The molecule has 3 rings (SSSR count). The minimum absolute atomic E-state index is 0.00608. The van der Waals surface area contributed by atoms with Crippen molar-refractivity contribution in [1.29, 1.82) is 0 Å². The van der Waals surface area contributed by atoms with Gasteiger partial charge in [-0.3, -0.25) is 0 Å². The Balaban J connectivity index is 0.000000293. The maximum absolute atomic E-state index is 14.4. The summed E-state index contributed by atoms with van der Waals surface area (Å²) in [4.78, 5) is 3.51. The Morgan fingerprint density at radius 2 is 1.16 bits per heavy atom. The molecule has 38 heavy (non-hydrogen) atoms. The zero-order valence-corrected chi connectivity index (χ0v) is 25.2. The van der Waals surface area contributed by atoms with Gasteiger partial charge < -0.3 is 19.1 Å². The Labute approximate surface area is 233 Å². The first-order valence-corrected chi connectivity index (χ1v) is 13.4. The van der Waals surface area contributed by atoms with Gasteiger partial charge in [0.15, 0.2) is 0 Å². The number of rotatable bonds is 9. The third-order valence-corrected chi connectivity index (χ3v) is 7.32. The lowest BCUT2D eigenvalue weighted by molar-refractivity contribution is -0.0192. The second kappa shape index (κ2) is 12.8. The molecule has 1 saturated heterocycles. The Morgan fingerprint density at radius 1 is 0.737 bits per heavy atom. The van der Waals surface area contributed by atoms with Crippen LogP contribution in [0, 0.1) is 0 Å². The van der Waals surface area contributed by atoms with Crippen LogP contribution in [0.15, 0.2) is 53.0 Å². The molecule has 0 amide bonds. The van der Waals surface area contributed by atoms with Crippen LogP contribution in [0.4, 0.5) is 17.6 Å². The summed E-state index contributed by atoms with van der Waals surface area (Å²) in [6.07, 6.45) is -0.372. The van der Waals surface area contributed by atoms with E-state index in [0.717, 1.165) is 0 Å². The van der Waals surface area contributed by atoms with Crippen molar-refractivity contribution >= 4 is 28.5 Å². The smallest absolute Gasteiger partial charge is 0.399 e. The van der Waals surface area contributed by atoms with Gasteiger partial charge in [0, 0.05) is 41.5 Å². The fraction of sp³-hybridized carbons (Fsp3) is 0.571. The molecular weight excluding hydrogens is 563 g/mol. The SMILES string of the molecule is CN(C)CCC(F)(F)c1cccc(B2OC(C)(C)C(C)(C)O2)c1.CN(C)CCC(F)(F)c1cccc(Br)c1. The molecule has 0 radical (unpaired) electrons. The summed E-state index contributed by atoms with van der Waals surface area (Å²) < 4.78 is 68.6. The van der Waals surface area contributed by atoms with E-state index in [-0.39, 0.29) is 24.0 Å². The van der Waals surface area contributed by atoms with Crippen molar-refractivity contribution in [1.82, 2.24) is 9.80 Å². The molecule has 10 heteroatoms. The largest absolute Gasteiger partial charge is 0.494 e. The fourth-order valence-corrected chi connectivity index (χ4v) is 4.02. The second-order valence-electron chi connectivity index (χ2n) is 11.2. The van der Waals surface area contributed by atoms with Crippen molar-refractivity contribution in [2.24, 2.45) is 0 Å². The van der Waals surface area contributed by atoms with E-state index in [4.69, 9.17) is 9.31 Å². The molecule has 0 saturated carbocycles. The Hall–Kier alpha value is -1.46. The van der Waals surface area contributed by atoms with E-state index in [1.165, 1.54) is 24.3 Å². The van der Waals surface area contributed by atoms with Crippen molar-refractivity contribution < 1.29 is 26.9 Å². The summed E-state index contributed by atoms with van der Waals surface area (Å²) in [7, 11) is 6.53. The normalized spacial score (nSPS) is 17.1. The average Bonchev–Trinajstić information content (AvgIpc) is 3.04. The first kappa shape index (κ1) is 32.8. The minimum Gasteiger partial charge on any atom is -0.399 e. The van der Waals surface area contributed by atoms with Gasteiger partial charge in [0.1, 0.15) is 0 Å². The van der Waals surface area contributed by atoms with Crippen LogP contribution in [-0.2, 0) is 21.2 Å². The molecule has 0 aliphatic carbocycles. The van der Waals surface area contributed by atoms with E-state index in [0.29, 0.717) is 23.0 Å². The van der Waals surface area contributed by atoms with Gasteiger partial charge in [-0.25, -0.2) is 17.6 Å². The molecule has 2 aromatic rings. The summed E-state index contributed by atoms with van der Waals surface area (Å²) in [5.41, 5.74) is -0.265. The molecule has 0 N–H and O–H groups in total. The fourth-order valence-electron chi connectivity index (χ4n) is 3.62. The van der Waals surface area contributed by atoms with Gasteiger partial charge in [0.05, 0.1) is 11.2 Å². The number of benzene rings is 2. The van der Waals surface area contributed by atoms with Crippen LogP contribution < -0.4 is 5.46 Å². The number of hydrogen-bond donors (Lipinski definition) is 0. The molecule has 1 heterocycles. The highest BCUT2D eigenvalue weighted by atomic mass is 79.9. The number of nitrogens with zero attached hydrogens (tertiary/aromatic N) is 2. The topological polar surface area (TPSA) is 24.9 Å². The lowest BCUT2D eigenvalue weighted by Gasteiger charge is -2.32. The van der Waals surface area contributed by atoms with Gasteiger partial charge in [-0.15, -0.1) is 0 Å². The summed E-state index contributed by atoms with van der Waals surface area (Å²) in [5, 5.41) is 0. The molecular formula is C28H40BBrF4N2O2. The highest BCUT2D eigenvalue weighted by Crippen LogP contribution is 2.37. The van der Waals surface area contributed by atoms with Crippen LogP contribution in [0.25, 0.3) is 0 Å². The number of halogens is 5. The maximum atomic E-state index is 14.4. The van der Waals surface area contributed by atoms with Crippen LogP contribution in [0.5, 0.6) is 0 Å². The summed E-state index contributed by atoms with van der Waals surface area (Å²) in [6, 6.07) is 12.7. The molecule has 2 aromatic carbocycles. The van der Waals surface area contributed by atoms with E-state index in [9.17, 15) is 17.6 Å². The average molecular weight is 603 g/mol. The molecule has 0 aromatic heterocycles. The first-order valence-electron chi connectivity index (χ1n) is 12.6. The first-order chi connectivity index (χ1) is 17.4. The Morgan fingerprint density at radius 3 is 1.58 bits per heavy atom. The molecule has 1 fully saturated rings. The van der Waals surface area contributed by atoms with Gasteiger partial charge in [-0.1, -0.05) is 52.3 Å². The number of hydrogen-bond acceptors (Lipinski definition) is 4. The lowest BCUT2D eigenvalue weighted by atomic mass is 9.78. The molecule has 212 valence electrons. The van der Waals surface area contributed by atoms with E-state index in [2.05, 4.69) is 15.9 Å². The quantitative estimate of drug-likeness (QED) is 0.241. The Kier molecular flexibility index (Phi) is 11.0. The van der Waals surface area contributed by atoms with E-state index >= 15 is 0 Å². The van der Waals surface area contributed by atoms with Crippen LogP contribution in [0.3, 0.4) is 0 Å². The Bertz CT molecular complexity index is 1040. The standard InChI is InChI=1S/C17H26BF2NO2.C11H14BrF2N/c1-15(2)16(3,4)23-18(22-15)14-9-7-8-13(12-14)17(19,20)10-11-21(5)6;1-15(2)7-6-11(13,14)9-4-3-5-10(12)8-9/h7-9,12H,10-11H2,1-6H3;3-5,8H,6-7H2,1-2H3. The highest BCUT2D eigenvalue weighted by molar-refractivity contribution is 9.10. The summed E-state index contributed by atoms with van der Waals surface area (Å²) in [6.45, 7) is 8.49. The zero-order chi connectivity index (χ0) is 28.9. The molecule has 1 aliphatic rings. The monoisotopic (exact) mass is 602 g/mol. The molecule has 0 spiro atoms. The predicted molar refractivity (Wildman–Crippen MR) is 150 cm³/mol. The molecule has 0 bridgehead atoms. The van der Waals surface area contributed by atoms with E-state index in [1.807, 2.05) is 27.7 Å². The maximum Gasteiger partial charge on any atom is 0.494 e. The van der Waals surface area contributed by atoms with Gasteiger partial charge in [0.25, 0.3) is 11.8 Å². The van der Waals surface area contributed by atoms with Crippen molar-refractivity contribution in [3.8, 4) is 0 Å². The third-order valence-electron chi connectivity index (χ3n) is 6.83. The number of alkyl halides is 4. The van der Waals surface area contributed by atoms with E-state index in [1.54, 1.807) is 62.3 Å². The molecule has 0 unspecified atom stereocenters. The van der Waals surface area contributed by atoms with Crippen LogP contribution in [0.1, 0.15) is 51.7 Å². The second-order valence-corrected chi connectivity index (χ2v) is 12.2. The zero-order valence-electron chi connectivity index (χ0n) is 23.6. The van der Waals surface area contributed by atoms with E-state index < -0.39 is 30.2 Å². The van der Waals surface area contributed by atoms with Crippen molar-refractivity contribution in [2.45, 2.75) is 63.6 Å². The van der Waals surface area contributed by atoms with Gasteiger partial charge in [-0.2, -0.15) is 0 Å². The van der Waals surface area contributed by atoms with Crippen LogP contribution in [-0.4, -0.2) is 69.4 Å². The molecule has 1 aliphatic heterocycles. The van der Waals surface area contributed by atoms with Crippen molar-refractivity contribution in [3.05, 3.63) is 64.1 Å². The van der Waals surface area contributed by atoms with Gasteiger partial charge in [-0.05, 0) is 73.5 Å². The van der Waals surface area contributed by atoms with Crippen molar-refractivity contribution in [3.63, 3.8) is 0 Å². The highest BCUT2D eigenvalue weighted by Gasteiger charge is 2.52.